The fourth-order valence-electron chi connectivity index (χ4n) is 10.1. The minimum absolute atomic E-state index is 0.438. The fraction of sp³-hybridized carbons (Fsp3) is 0.0172. The number of hydrogen-bond acceptors (Lipinski definition) is 1. The average Bonchev–Trinajstić information content (AvgIpc) is 3.80. The Kier molecular flexibility index (Phi) is 7.52. The highest BCUT2D eigenvalue weighted by Crippen LogP contribution is 2.65. The van der Waals surface area contributed by atoms with Gasteiger partial charge in [0, 0.05) is 11.1 Å². The Hall–Kier alpha value is -7.61. The van der Waals surface area contributed by atoms with Gasteiger partial charge in [-0.2, -0.15) is 0 Å². The first-order valence-electron chi connectivity index (χ1n) is 20.5. The lowest BCUT2D eigenvalue weighted by Crippen LogP contribution is -2.26. The molecule has 59 heavy (non-hydrogen) atoms. The zero-order valence-corrected chi connectivity index (χ0v) is 32.3. The number of nitrogens with zero attached hydrogens (tertiary/aromatic N) is 1. The second-order valence-corrected chi connectivity index (χ2v) is 15.8. The molecule has 0 atom stereocenters. The van der Waals surface area contributed by atoms with E-state index in [-0.39, 0.29) is 0 Å². The first kappa shape index (κ1) is 33.5. The highest BCUT2D eigenvalue weighted by Gasteiger charge is 2.52. The van der Waals surface area contributed by atoms with Gasteiger partial charge >= 0.3 is 0 Å². The van der Waals surface area contributed by atoms with Crippen molar-refractivity contribution in [2.24, 2.45) is 0 Å². The summed E-state index contributed by atoms with van der Waals surface area (Å²) in [5.41, 5.74) is 21.5. The van der Waals surface area contributed by atoms with Crippen LogP contribution in [0.15, 0.2) is 224 Å². The number of hydrogen-bond donors (Lipinski definition) is 0. The minimum atomic E-state index is -0.438. The van der Waals surface area contributed by atoms with Gasteiger partial charge < -0.3 is 0 Å². The molecule has 1 aromatic heterocycles. The second-order valence-electron chi connectivity index (χ2n) is 15.8. The van der Waals surface area contributed by atoms with Crippen molar-refractivity contribution in [3.63, 3.8) is 0 Å². The van der Waals surface area contributed by atoms with Crippen LogP contribution in [0.1, 0.15) is 22.3 Å². The van der Waals surface area contributed by atoms with Gasteiger partial charge in [-0.1, -0.05) is 200 Å². The van der Waals surface area contributed by atoms with Crippen LogP contribution >= 0.6 is 0 Å². The van der Waals surface area contributed by atoms with E-state index < -0.39 is 5.41 Å². The molecule has 0 saturated heterocycles. The molecule has 0 radical (unpaired) electrons. The second kappa shape index (κ2) is 13.2. The van der Waals surface area contributed by atoms with Gasteiger partial charge in [-0.05, 0) is 113 Å². The molecule has 0 fully saturated rings. The third kappa shape index (κ3) is 5.08. The van der Waals surface area contributed by atoms with Crippen molar-refractivity contribution >= 4 is 10.8 Å². The summed E-state index contributed by atoms with van der Waals surface area (Å²) < 4.78 is 0. The zero-order valence-electron chi connectivity index (χ0n) is 32.3. The number of rotatable bonds is 5. The van der Waals surface area contributed by atoms with E-state index >= 15 is 0 Å². The van der Waals surface area contributed by atoms with Crippen molar-refractivity contribution in [3.8, 4) is 78.1 Å². The maximum absolute atomic E-state index is 5.27. The van der Waals surface area contributed by atoms with Gasteiger partial charge in [-0.3, -0.25) is 0 Å². The van der Waals surface area contributed by atoms with E-state index in [2.05, 4.69) is 224 Å². The summed E-state index contributed by atoms with van der Waals surface area (Å²) in [6.45, 7) is 0. The first-order chi connectivity index (χ1) is 29.3. The predicted octanol–water partition coefficient (Wildman–Crippen LogP) is 14.9. The number of aromatic nitrogens is 1. The van der Waals surface area contributed by atoms with Crippen LogP contribution in [0.3, 0.4) is 0 Å². The smallest absolute Gasteiger partial charge is 0.0731 e. The molecule has 0 saturated carbocycles. The molecule has 2 aliphatic rings. The van der Waals surface area contributed by atoms with E-state index in [4.69, 9.17) is 4.98 Å². The Morgan fingerprint density at radius 2 is 0.763 bits per heavy atom. The van der Waals surface area contributed by atoms with Gasteiger partial charge in [0.1, 0.15) is 0 Å². The van der Waals surface area contributed by atoms with Gasteiger partial charge in [0.15, 0.2) is 0 Å². The van der Waals surface area contributed by atoms with Gasteiger partial charge in [0.05, 0.1) is 16.8 Å². The molecule has 1 nitrogen and oxygen atoms in total. The van der Waals surface area contributed by atoms with Gasteiger partial charge in [-0.25, -0.2) is 4.98 Å². The van der Waals surface area contributed by atoms with Crippen LogP contribution in [0.2, 0.25) is 0 Å². The molecule has 1 heteroatoms. The maximum atomic E-state index is 5.27. The van der Waals surface area contributed by atoms with Crippen molar-refractivity contribution in [2.75, 3.05) is 0 Å². The summed E-state index contributed by atoms with van der Waals surface area (Å²) in [7, 11) is 0. The van der Waals surface area contributed by atoms with Crippen LogP contribution in [-0.2, 0) is 5.41 Å². The van der Waals surface area contributed by atoms with Crippen molar-refractivity contribution in [1.29, 1.82) is 0 Å². The summed E-state index contributed by atoms with van der Waals surface area (Å²) in [6.07, 6.45) is 0. The van der Waals surface area contributed by atoms with Gasteiger partial charge in [0.25, 0.3) is 0 Å². The fourth-order valence-corrected chi connectivity index (χ4v) is 10.1. The zero-order chi connectivity index (χ0) is 38.9. The van der Waals surface area contributed by atoms with Crippen LogP contribution in [0.5, 0.6) is 0 Å². The highest BCUT2D eigenvalue weighted by molar-refractivity contribution is 6.09. The molecule has 274 valence electrons. The normalized spacial score (nSPS) is 12.9. The SMILES string of the molecule is c1ccc(-c2ccc(-c3cc(-c4cccc(-c5cc6ccccc6c6c5-c5ccccc5C65c6ccccc6-c6ccccc65)c4)cc(-c4ccccc4)n3)cc2)cc1. The first-order valence-corrected chi connectivity index (χ1v) is 20.5. The number of benzene rings is 9. The van der Waals surface area contributed by atoms with Crippen LogP contribution in [0, 0.1) is 0 Å². The molecule has 0 aliphatic heterocycles. The quantitative estimate of drug-likeness (QED) is 0.171. The van der Waals surface area contributed by atoms with E-state index in [0.29, 0.717) is 0 Å². The summed E-state index contributed by atoms with van der Waals surface area (Å²) in [4.78, 5) is 5.27. The van der Waals surface area contributed by atoms with Gasteiger partial charge in [0.2, 0.25) is 0 Å². The summed E-state index contributed by atoms with van der Waals surface area (Å²) in [6, 6.07) is 82.3. The van der Waals surface area contributed by atoms with Crippen LogP contribution in [0.25, 0.3) is 88.9 Å². The minimum Gasteiger partial charge on any atom is -0.248 e. The van der Waals surface area contributed by atoms with E-state index in [1.165, 1.54) is 77.5 Å². The topological polar surface area (TPSA) is 12.9 Å². The molecule has 10 aromatic rings. The van der Waals surface area contributed by atoms with E-state index in [1.807, 2.05) is 0 Å². The molecule has 0 bridgehead atoms. The van der Waals surface area contributed by atoms with E-state index in [1.54, 1.807) is 0 Å². The van der Waals surface area contributed by atoms with Crippen molar-refractivity contribution in [1.82, 2.24) is 4.98 Å². The van der Waals surface area contributed by atoms with Crippen LogP contribution < -0.4 is 0 Å². The van der Waals surface area contributed by atoms with Crippen molar-refractivity contribution < 1.29 is 0 Å². The largest absolute Gasteiger partial charge is 0.248 e. The Morgan fingerprint density at radius 3 is 1.44 bits per heavy atom. The summed E-state index contributed by atoms with van der Waals surface area (Å²) in [5, 5.41) is 2.55. The molecule has 0 unspecified atom stereocenters. The van der Waals surface area contributed by atoms with Crippen LogP contribution in [0.4, 0.5) is 0 Å². The third-order valence-electron chi connectivity index (χ3n) is 12.7. The lowest BCUT2D eigenvalue weighted by Gasteiger charge is -2.31. The molecule has 1 heterocycles. The maximum Gasteiger partial charge on any atom is 0.0731 e. The Morgan fingerprint density at radius 1 is 0.288 bits per heavy atom. The molecule has 2 aliphatic carbocycles. The van der Waals surface area contributed by atoms with Crippen molar-refractivity contribution in [3.05, 3.63) is 247 Å². The lowest BCUT2D eigenvalue weighted by atomic mass is 9.69. The molecule has 9 aromatic carbocycles. The molecular weight excluding hydrogens is 711 g/mol. The Bertz CT molecular complexity index is 3200. The highest BCUT2D eigenvalue weighted by atomic mass is 14.7. The molecule has 0 N–H and O–H groups in total. The van der Waals surface area contributed by atoms with Crippen molar-refractivity contribution in [2.45, 2.75) is 5.41 Å². The molecule has 12 rings (SSSR count). The Balaban J connectivity index is 1.07. The number of pyridine rings is 1. The van der Waals surface area contributed by atoms with Gasteiger partial charge in [-0.15, -0.1) is 0 Å². The molecular formula is C58H37N. The average molecular weight is 748 g/mol. The summed E-state index contributed by atoms with van der Waals surface area (Å²) in [5.74, 6) is 0. The third-order valence-corrected chi connectivity index (χ3v) is 12.7. The van der Waals surface area contributed by atoms with Crippen LogP contribution in [-0.4, -0.2) is 4.98 Å². The summed E-state index contributed by atoms with van der Waals surface area (Å²) >= 11 is 0. The Labute approximate surface area is 344 Å². The number of fused-ring (bicyclic) bond motifs is 12. The molecule has 0 amide bonds. The monoisotopic (exact) mass is 747 g/mol. The van der Waals surface area contributed by atoms with E-state index in [0.717, 1.165) is 33.6 Å². The molecule has 1 spiro atoms. The lowest BCUT2D eigenvalue weighted by molar-refractivity contribution is 0.801. The standard InChI is InChI=1S/C58H37N/c1-3-16-38(17-4-1)39-30-32-41(33-31-39)55-37-45(36-54(59-55)40-18-5-2-6-19-40)42-21-15-22-43(34-42)50-35-44-20-7-8-23-46(44)57-56(50)49-26-11-14-29-53(49)58(57)51-27-12-9-24-47(51)48-25-10-13-28-52(48)58/h1-37H. The predicted molar refractivity (Wildman–Crippen MR) is 245 cm³/mol. The van der Waals surface area contributed by atoms with E-state index in [9.17, 15) is 0 Å².